The van der Waals surface area contributed by atoms with Crippen LogP contribution in [0, 0.1) is 0 Å². The molecule has 1 fully saturated rings. The third-order valence-electron chi connectivity index (χ3n) is 2.00. The first-order chi connectivity index (χ1) is 6.59. The van der Waals surface area contributed by atoms with Gasteiger partial charge in [0.05, 0.1) is 0 Å². The molecule has 0 unspecified atom stereocenters. The van der Waals surface area contributed by atoms with Gasteiger partial charge in [0, 0.05) is 26.1 Å². The van der Waals surface area contributed by atoms with Crippen LogP contribution in [-0.2, 0) is 14.4 Å². The van der Waals surface area contributed by atoms with Gasteiger partial charge in [-0.15, -0.1) is 0 Å². The zero-order chi connectivity index (χ0) is 10.6. The Labute approximate surface area is 81.4 Å². The van der Waals surface area contributed by atoms with E-state index in [1.807, 2.05) is 0 Å². The third-order valence-corrected chi connectivity index (χ3v) is 2.00. The molecule has 1 aliphatic rings. The summed E-state index contributed by atoms with van der Waals surface area (Å²) in [5.74, 6) is -0.959. The summed E-state index contributed by atoms with van der Waals surface area (Å²) in [4.78, 5) is 34.3. The summed E-state index contributed by atoms with van der Waals surface area (Å²) in [5.41, 5.74) is 4.96. The second-order valence-electron chi connectivity index (χ2n) is 3.12. The minimum Gasteiger partial charge on any atom is -0.370 e. The molecular weight excluding hydrogens is 186 g/mol. The van der Waals surface area contributed by atoms with Gasteiger partial charge >= 0.3 is 0 Å². The first-order valence-corrected chi connectivity index (χ1v) is 4.42. The topological polar surface area (TPSA) is 92.5 Å². The Morgan fingerprint density at radius 3 is 2.86 bits per heavy atom. The maximum absolute atomic E-state index is 11.4. The Bertz CT molecular complexity index is 265. The SMILES string of the molecule is NC(=O)CCN1CCNC(=O)CC1=O. The van der Waals surface area contributed by atoms with Crippen molar-refractivity contribution in [3.8, 4) is 0 Å². The van der Waals surface area contributed by atoms with Crippen LogP contribution >= 0.6 is 0 Å². The van der Waals surface area contributed by atoms with Crippen molar-refractivity contribution in [2.75, 3.05) is 19.6 Å². The molecule has 0 spiro atoms. The maximum atomic E-state index is 11.4. The lowest BCUT2D eigenvalue weighted by Gasteiger charge is -2.18. The molecule has 3 N–H and O–H groups in total. The summed E-state index contributed by atoms with van der Waals surface area (Å²) in [5, 5.41) is 2.57. The molecule has 0 aromatic heterocycles. The molecule has 3 amide bonds. The number of hydrogen-bond donors (Lipinski definition) is 2. The van der Waals surface area contributed by atoms with E-state index < -0.39 is 5.91 Å². The molecule has 0 aliphatic carbocycles. The fraction of sp³-hybridized carbons (Fsp3) is 0.625. The average molecular weight is 199 g/mol. The van der Waals surface area contributed by atoms with Crippen molar-refractivity contribution in [1.82, 2.24) is 10.2 Å². The third kappa shape index (κ3) is 3.04. The number of nitrogens with zero attached hydrogens (tertiary/aromatic N) is 1. The molecule has 0 atom stereocenters. The zero-order valence-corrected chi connectivity index (χ0v) is 7.78. The van der Waals surface area contributed by atoms with Gasteiger partial charge in [-0.05, 0) is 0 Å². The minimum atomic E-state index is -0.443. The van der Waals surface area contributed by atoms with Gasteiger partial charge < -0.3 is 16.0 Å². The van der Waals surface area contributed by atoms with E-state index in [4.69, 9.17) is 5.73 Å². The normalized spacial score (nSPS) is 17.6. The van der Waals surface area contributed by atoms with Crippen LogP contribution in [0.4, 0.5) is 0 Å². The van der Waals surface area contributed by atoms with Crippen LogP contribution in [0.25, 0.3) is 0 Å². The van der Waals surface area contributed by atoms with Crippen molar-refractivity contribution in [1.29, 1.82) is 0 Å². The van der Waals surface area contributed by atoms with E-state index in [-0.39, 0.29) is 24.7 Å². The molecule has 0 radical (unpaired) electrons. The van der Waals surface area contributed by atoms with Gasteiger partial charge in [-0.2, -0.15) is 0 Å². The molecule has 0 bridgehead atoms. The molecule has 78 valence electrons. The highest BCUT2D eigenvalue weighted by molar-refractivity contribution is 5.97. The largest absolute Gasteiger partial charge is 0.370 e. The van der Waals surface area contributed by atoms with E-state index >= 15 is 0 Å². The van der Waals surface area contributed by atoms with Gasteiger partial charge in [0.2, 0.25) is 17.7 Å². The predicted octanol–water partition coefficient (Wildman–Crippen LogP) is -1.79. The number of amides is 3. The first-order valence-electron chi connectivity index (χ1n) is 4.42. The lowest BCUT2D eigenvalue weighted by Crippen LogP contribution is -2.35. The maximum Gasteiger partial charge on any atom is 0.232 e. The highest BCUT2D eigenvalue weighted by Gasteiger charge is 2.20. The number of nitrogens with two attached hydrogens (primary N) is 1. The van der Waals surface area contributed by atoms with E-state index in [1.54, 1.807) is 0 Å². The van der Waals surface area contributed by atoms with Crippen LogP contribution in [0.3, 0.4) is 0 Å². The Balaban J connectivity index is 2.46. The molecule has 1 saturated heterocycles. The van der Waals surface area contributed by atoms with Crippen molar-refractivity contribution >= 4 is 17.7 Å². The van der Waals surface area contributed by atoms with Crippen LogP contribution in [0.5, 0.6) is 0 Å². The molecule has 1 aliphatic heterocycles. The van der Waals surface area contributed by atoms with E-state index in [9.17, 15) is 14.4 Å². The number of carbonyl (C=O) groups is 3. The summed E-state index contributed by atoms with van der Waals surface area (Å²) in [6, 6.07) is 0. The van der Waals surface area contributed by atoms with Gasteiger partial charge in [0.15, 0.2) is 0 Å². The zero-order valence-electron chi connectivity index (χ0n) is 7.78. The van der Waals surface area contributed by atoms with Crippen molar-refractivity contribution in [3.05, 3.63) is 0 Å². The summed E-state index contributed by atoms with van der Waals surface area (Å²) in [6.45, 7) is 1.17. The van der Waals surface area contributed by atoms with Gasteiger partial charge in [-0.25, -0.2) is 0 Å². The average Bonchev–Trinajstić information content (AvgIpc) is 2.23. The van der Waals surface area contributed by atoms with Gasteiger partial charge in [-0.3, -0.25) is 14.4 Å². The van der Waals surface area contributed by atoms with Crippen molar-refractivity contribution in [3.63, 3.8) is 0 Å². The summed E-state index contributed by atoms with van der Waals surface area (Å²) in [6.07, 6.45) is -0.00130. The van der Waals surface area contributed by atoms with Crippen LogP contribution in [-0.4, -0.2) is 42.3 Å². The predicted molar refractivity (Wildman–Crippen MR) is 48.0 cm³/mol. The Morgan fingerprint density at radius 1 is 1.50 bits per heavy atom. The smallest absolute Gasteiger partial charge is 0.232 e. The second kappa shape index (κ2) is 4.59. The van der Waals surface area contributed by atoms with Crippen LogP contribution in [0.15, 0.2) is 0 Å². The first kappa shape index (κ1) is 10.5. The number of rotatable bonds is 3. The van der Waals surface area contributed by atoms with E-state index in [0.29, 0.717) is 19.6 Å². The number of hydrogen-bond acceptors (Lipinski definition) is 3. The van der Waals surface area contributed by atoms with Crippen LogP contribution < -0.4 is 11.1 Å². The van der Waals surface area contributed by atoms with Crippen molar-refractivity contribution in [2.45, 2.75) is 12.8 Å². The number of carbonyl (C=O) groups excluding carboxylic acids is 3. The lowest BCUT2D eigenvalue weighted by molar-refractivity contribution is -0.134. The van der Waals surface area contributed by atoms with Crippen molar-refractivity contribution in [2.24, 2.45) is 5.73 Å². The standard InChI is InChI=1S/C8H13N3O3/c9-6(12)1-3-11-4-2-10-7(13)5-8(11)14/h1-5H2,(H2,9,12)(H,10,13). The highest BCUT2D eigenvalue weighted by Crippen LogP contribution is 1.99. The molecule has 1 heterocycles. The molecule has 14 heavy (non-hydrogen) atoms. The molecular formula is C8H13N3O3. The van der Waals surface area contributed by atoms with E-state index in [2.05, 4.69) is 5.32 Å². The highest BCUT2D eigenvalue weighted by atomic mass is 16.2. The van der Waals surface area contributed by atoms with Gasteiger partial charge in [0.25, 0.3) is 0 Å². The monoisotopic (exact) mass is 199 g/mol. The Kier molecular flexibility index (Phi) is 3.44. The lowest BCUT2D eigenvalue weighted by atomic mass is 10.3. The number of primary amides is 1. The van der Waals surface area contributed by atoms with Gasteiger partial charge in [-0.1, -0.05) is 0 Å². The Morgan fingerprint density at radius 2 is 2.21 bits per heavy atom. The van der Waals surface area contributed by atoms with Crippen molar-refractivity contribution < 1.29 is 14.4 Å². The van der Waals surface area contributed by atoms with Crippen LogP contribution in [0.2, 0.25) is 0 Å². The number of nitrogens with one attached hydrogen (secondary N) is 1. The van der Waals surface area contributed by atoms with Crippen LogP contribution in [0.1, 0.15) is 12.8 Å². The molecule has 0 saturated carbocycles. The summed E-state index contributed by atoms with van der Waals surface area (Å²) >= 11 is 0. The van der Waals surface area contributed by atoms with E-state index in [0.717, 1.165) is 0 Å². The van der Waals surface area contributed by atoms with Gasteiger partial charge in [0.1, 0.15) is 6.42 Å². The fourth-order valence-corrected chi connectivity index (χ4v) is 1.25. The fourth-order valence-electron chi connectivity index (χ4n) is 1.25. The molecule has 6 nitrogen and oxygen atoms in total. The van der Waals surface area contributed by atoms with E-state index in [1.165, 1.54) is 4.90 Å². The molecule has 6 heteroatoms. The minimum absolute atomic E-state index is 0.139. The molecule has 0 aromatic carbocycles. The Hall–Kier alpha value is -1.59. The second-order valence-corrected chi connectivity index (χ2v) is 3.12. The quantitative estimate of drug-likeness (QED) is 0.526. The molecule has 0 aromatic rings. The summed E-state index contributed by atoms with van der Waals surface area (Å²) in [7, 11) is 0. The summed E-state index contributed by atoms with van der Waals surface area (Å²) < 4.78 is 0. The molecule has 1 rings (SSSR count).